The van der Waals surface area contributed by atoms with E-state index >= 15 is 0 Å². The summed E-state index contributed by atoms with van der Waals surface area (Å²) in [4.78, 5) is 36.2. The Morgan fingerprint density at radius 3 is 2.55 bits per heavy atom. The highest BCUT2D eigenvalue weighted by atomic mass is 32.2. The number of carbonyl (C=O) groups is 3. The Balaban J connectivity index is 1.71. The molecule has 0 aromatic heterocycles. The van der Waals surface area contributed by atoms with E-state index in [0.717, 1.165) is 5.56 Å². The number of aryl methyl sites for hydroxylation is 1. The lowest BCUT2D eigenvalue weighted by Gasteiger charge is -2.19. The van der Waals surface area contributed by atoms with Gasteiger partial charge in [0.2, 0.25) is 5.91 Å². The summed E-state index contributed by atoms with van der Waals surface area (Å²) in [6.45, 7) is 3.01. The molecule has 0 fully saturated rings. The van der Waals surface area contributed by atoms with Gasteiger partial charge in [-0.25, -0.2) is 8.42 Å². The molecule has 9 heteroatoms. The fourth-order valence-electron chi connectivity index (χ4n) is 2.78. The second kappa shape index (κ2) is 8.04. The molecule has 2 aromatic rings. The summed E-state index contributed by atoms with van der Waals surface area (Å²) in [5.41, 5.74) is 1.88. The summed E-state index contributed by atoms with van der Waals surface area (Å²) in [6.07, 6.45) is 0. The zero-order valence-electron chi connectivity index (χ0n) is 15.9. The first-order valence-corrected chi connectivity index (χ1v) is 10.6. The van der Waals surface area contributed by atoms with Gasteiger partial charge in [-0.1, -0.05) is 17.7 Å². The monoisotopic (exact) mass is 416 g/mol. The minimum absolute atomic E-state index is 0.101. The Hall–Kier alpha value is -3.20. The maximum Gasteiger partial charge on any atom is 0.262 e. The topological polar surface area (TPSA) is 119 Å². The maximum absolute atomic E-state index is 12.7. The molecule has 0 spiro atoms. The lowest BCUT2D eigenvalue weighted by atomic mass is 10.1. The fraction of sp³-hybridized carbons (Fsp3) is 0.250. The van der Waals surface area contributed by atoms with Crippen molar-refractivity contribution in [3.63, 3.8) is 0 Å². The highest BCUT2D eigenvalue weighted by Crippen LogP contribution is 2.29. The van der Waals surface area contributed by atoms with Crippen molar-refractivity contribution in [3.05, 3.63) is 53.6 Å². The van der Waals surface area contributed by atoms with E-state index in [-0.39, 0.29) is 18.1 Å². The van der Waals surface area contributed by atoms with Gasteiger partial charge in [0.15, 0.2) is 22.2 Å². The lowest BCUT2D eigenvalue weighted by Crippen LogP contribution is -2.34. The van der Waals surface area contributed by atoms with Crippen LogP contribution >= 0.6 is 0 Å². The van der Waals surface area contributed by atoms with Crippen LogP contribution in [-0.2, 0) is 19.4 Å². The van der Waals surface area contributed by atoms with Crippen molar-refractivity contribution in [1.29, 1.82) is 0 Å². The third-order valence-corrected chi connectivity index (χ3v) is 6.43. The Labute approximate surface area is 168 Å². The number of Topliss-reactive ketones (excluding diaryl/α,β-unsaturated/α-hetero) is 1. The van der Waals surface area contributed by atoms with Crippen LogP contribution in [0.1, 0.15) is 22.8 Å². The first-order chi connectivity index (χ1) is 13.7. The number of ketones is 1. The highest BCUT2D eigenvalue weighted by Gasteiger charge is 2.31. The van der Waals surface area contributed by atoms with Crippen LogP contribution in [0.25, 0.3) is 0 Å². The third-order valence-electron chi connectivity index (χ3n) is 4.47. The van der Waals surface area contributed by atoms with E-state index in [9.17, 15) is 22.8 Å². The molecule has 2 amide bonds. The predicted octanol–water partition coefficient (Wildman–Crippen LogP) is 1.95. The molecule has 0 saturated carbocycles. The molecule has 1 aliphatic heterocycles. The molecule has 0 radical (unpaired) electrons. The minimum atomic E-state index is -4.05. The van der Waals surface area contributed by atoms with Crippen molar-refractivity contribution in [2.24, 2.45) is 0 Å². The Morgan fingerprint density at radius 1 is 1.17 bits per heavy atom. The predicted molar refractivity (Wildman–Crippen MR) is 108 cm³/mol. The van der Waals surface area contributed by atoms with Crippen LogP contribution in [0.2, 0.25) is 0 Å². The molecule has 0 bridgehead atoms. The molecular weight excluding hydrogens is 396 g/mol. The number of hydrogen-bond donors (Lipinski definition) is 2. The van der Waals surface area contributed by atoms with E-state index < -0.39 is 32.5 Å². The van der Waals surface area contributed by atoms with Gasteiger partial charge < -0.3 is 15.4 Å². The van der Waals surface area contributed by atoms with Crippen LogP contribution in [0.15, 0.2) is 42.5 Å². The lowest BCUT2D eigenvalue weighted by molar-refractivity contribution is -0.118. The number of nitrogens with one attached hydrogen (secondary N) is 2. The van der Waals surface area contributed by atoms with Gasteiger partial charge in [-0.3, -0.25) is 14.4 Å². The fourth-order valence-corrected chi connectivity index (χ4v) is 3.93. The van der Waals surface area contributed by atoms with Crippen molar-refractivity contribution in [2.75, 3.05) is 23.0 Å². The van der Waals surface area contributed by atoms with E-state index in [4.69, 9.17) is 4.74 Å². The van der Waals surface area contributed by atoms with Gasteiger partial charge in [-0.2, -0.15) is 0 Å². The average molecular weight is 416 g/mol. The van der Waals surface area contributed by atoms with Crippen LogP contribution in [0.5, 0.6) is 5.75 Å². The molecule has 2 aromatic carbocycles. The summed E-state index contributed by atoms with van der Waals surface area (Å²) in [5, 5.41) is 3.65. The van der Waals surface area contributed by atoms with Gasteiger partial charge in [0, 0.05) is 11.3 Å². The van der Waals surface area contributed by atoms with E-state index in [1.165, 1.54) is 25.1 Å². The van der Waals surface area contributed by atoms with Crippen LogP contribution in [0.4, 0.5) is 11.4 Å². The van der Waals surface area contributed by atoms with E-state index in [0.29, 0.717) is 17.1 Å². The first kappa shape index (κ1) is 20.5. The normalized spacial score (nSPS) is 14.2. The quantitative estimate of drug-likeness (QED) is 0.695. The molecule has 2 N–H and O–H groups in total. The smallest absolute Gasteiger partial charge is 0.262 e. The number of amides is 2. The van der Waals surface area contributed by atoms with Crippen molar-refractivity contribution >= 4 is 38.8 Å². The Kier molecular flexibility index (Phi) is 5.69. The molecule has 0 aliphatic carbocycles. The zero-order valence-corrected chi connectivity index (χ0v) is 16.7. The molecule has 1 atom stereocenters. The van der Waals surface area contributed by atoms with Gasteiger partial charge in [-0.05, 0) is 44.2 Å². The SMILES string of the molecule is Cc1ccc(NC(=O)CS(=O)(=O)C(C)C(=O)c2ccc3c(c2)NC(=O)CO3)cc1. The molecule has 1 heterocycles. The molecule has 1 aliphatic rings. The molecule has 1 unspecified atom stereocenters. The molecular formula is C20H20N2O6S. The van der Waals surface area contributed by atoms with Crippen molar-refractivity contribution < 1.29 is 27.5 Å². The van der Waals surface area contributed by atoms with Gasteiger partial charge in [0.05, 0.1) is 5.69 Å². The summed E-state index contributed by atoms with van der Waals surface area (Å²) in [7, 11) is -4.05. The summed E-state index contributed by atoms with van der Waals surface area (Å²) in [5.74, 6) is -2.18. The number of carbonyl (C=O) groups excluding carboxylic acids is 3. The number of hydrogen-bond acceptors (Lipinski definition) is 6. The number of sulfone groups is 1. The molecule has 152 valence electrons. The molecule has 3 rings (SSSR count). The summed E-state index contributed by atoms with van der Waals surface area (Å²) < 4.78 is 30.3. The van der Waals surface area contributed by atoms with Crippen LogP contribution in [0.3, 0.4) is 0 Å². The highest BCUT2D eigenvalue weighted by molar-refractivity contribution is 7.93. The molecule has 0 saturated heterocycles. The van der Waals surface area contributed by atoms with E-state index in [1.807, 2.05) is 6.92 Å². The van der Waals surface area contributed by atoms with Crippen molar-refractivity contribution in [1.82, 2.24) is 0 Å². The van der Waals surface area contributed by atoms with E-state index in [1.54, 1.807) is 24.3 Å². The summed E-state index contributed by atoms with van der Waals surface area (Å²) in [6, 6.07) is 11.2. The first-order valence-electron chi connectivity index (χ1n) is 8.85. The second-order valence-corrected chi connectivity index (χ2v) is 9.10. The molecule has 29 heavy (non-hydrogen) atoms. The number of benzene rings is 2. The average Bonchev–Trinajstić information content (AvgIpc) is 2.67. The number of anilines is 2. The van der Waals surface area contributed by atoms with Crippen molar-refractivity contribution in [3.8, 4) is 5.75 Å². The van der Waals surface area contributed by atoms with Crippen LogP contribution in [-0.4, -0.2) is 43.6 Å². The largest absolute Gasteiger partial charge is 0.482 e. The number of ether oxygens (including phenoxy) is 1. The Morgan fingerprint density at radius 2 is 1.86 bits per heavy atom. The van der Waals surface area contributed by atoms with Gasteiger partial charge >= 0.3 is 0 Å². The standard InChI is InChI=1S/C20H20N2O6S/c1-12-3-6-15(7-4-12)21-19(24)11-29(26,27)13(2)20(25)14-5-8-17-16(9-14)22-18(23)10-28-17/h3-9,13H,10-11H2,1-2H3,(H,21,24)(H,22,23). The third kappa shape index (κ3) is 4.80. The van der Waals surface area contributed by atoms with E-state index in [2.05, 4.69) is 10.6 Å². The van der Waals surface area contributed by atoms with Crippen LogP contribution in [0, 0.1) is 6.92 Å². The zero-order chi connectivity index (χ0) is 21.2. The second-order valence-electron chi connectivity index (χ2n) is 6.78. The van der Waals surface area contributed by atoms with Gasteiger partial charge in [0.1, 0.15) is 16.8 Å². The van der Waals surface area contributed by atoms with Crippen LogP contribution < -0.4 is 15.4 Å². The summed E-state index contributed by atoms with van der Waals surface area (Å²) >= 11 is 0. The molecule has 8 nitrogen and oxygen atoms in total. The number of rotatable bonds is 6. The number of fused-ring (bicyclic) bond motifs is 1. The van der Waals surface area contributed by atoms with Crippen molar-refractivity contribution in [2.45, 2.75) is 19.1 Å². The van der Waals surface area contributed by atoms with Gasteiger partial charge in [0.25, 0.3) is 5.91 Å². The minimum Gasteiger partial charge on any atom is -0.482 e. The van der Waals surface area contributed by atoms with Gasteiger partial charge in [-0.15, -0.1) is 0 Å². The maximum atomic E-state index is 12.7. The Bertz CT molecular complexity index is 1080.